The average molecular weight is 238 g/mol. The van der Waals surface area contributed by atoms with Crippen LogP contribution < -0.4 is 4.74 Å². The van der Waals surface area contributed by atoms with Crippen LogP contribution in [0.15, 0.2) is 6.20 Å². The molecular formula is C12H18N2O3. The fourth-order valence-corrected chi connectivity index (χ4v) is 1.61. The number of imidazole rings is 1. The van der Waals surface area contributed by atoms with Crippen LogP contribution in [-0.4, -0.2) is 28.4 Å². The van der Waals surface area contributed by atoms with Gasteiger partial charge in [-0.1, -0.05) is 0 Å². The maximum atomic E-state index is 12.1. The molecule has 1 saturated carbocycles. The molecule has 0 amide bonds. The van der Waals surface area contributed by atoms with Crippen molar-refractivity contribution in [1.29, 1.82) is 0 Å². The van der Waals surface area contributed by atoms with Crippen molar-refractivity contribution in [1.82, 2.24) is 9.55 Å². The molecule has 17 heavy (non-hydrogen) atoms. The lowest BCUT2D eigenvalue weighted by Gasteiger charge is -2.20. The minimum Gasteiger partial charge on any atom is -0.481 e. The highest BCUT2D eigenvalue weighted by atomic mass is 16.6. The SMILES string of the molecule is COc1cnc(C2CC2)n1C(=O)OC(C)(C)C. The van der Waals surface area contributed by atoms with E-state index in [9.17, 15) is 4.79 Å². The molecule has 1 fully saturated rings. The Kier molecular flexibility index (Phi) is 2.85. The van der Waals surface area contributed by atoms with E-state index in [0.29, 0.717) is 11.8 Å². The van der Waals surface area contributed by atoms with Crippen LogP contribution in [0, 0.1) is 0 Å². The van der Waals surface area contributed by atoms with Crippen LogP contribution in [0.25, 0.3) is 0 Å². The zero-order chi connectivity index (χ0) is 12.6. The number of carbonyl (C=O) groups is 1. The molecule has 0 N–H and O–H groups in total. The monoisotopic (exact) mass is 238 g/mol. The number of ether oxygens (including phenoxy) is 2. The summed E-state index contributed by atoms with van der Waals surface area (Å²) in [5.41, 5.74) is -0.521. The van der Waals surface area contributed by atoms with Crippen molar-refractivity contribution in [3.63, 3.8) is 0 Å². The van der Waals surface area contributed by atoms with Crippen LogP contribution in [0.3, 0.4) is 0 Å². The zero-order valence-corrected chi connectivity index (χ0v) is 10.7. The third-order valence-corrected chi connectivity index (χ3v) is 2.48. The van der Waals surface area contributed by atoms with E-state index in [2.05, 4.69) is 4.98 Å². The highest BCUT2D eigenvalue weighted by molar-refractivity contribution is 5.73. The highest BCUT2D eigenvalue weighted by Gasteiger charge is 2.33. The molecule has 94 valence electrons. The third kappa shape index (κ3) is 2.60. The van der Waals surface area contributed by atoms with Crippen molar-refractivity contribution in [3.05, 3.63) is 12.0 Å². The van der Waals surface area contributed by atoms with Gasteiger partial charge in [0.2, 0.25) is 5.88 Å². The number of hydrogen-bond acceptors (Lipinski definition) is 4. The molecule has 1 aliphatic carbocycles. The molecule has 2 rings (SSSR count). The minimum atomic E-state index is -0.521. The summed E-state index contributed by atoms with van der Waals surface area (Å²) < 4.78 is 11.9. The number of hydrogen-bond donors (Lipinski definition) is 0. The van der Waals surface area contributed by atoms with Gasteiger partial charge in [0.15, 0.2) is 0 Å². The Bertz CT molecular complexity index is 427. The minimum absolute atomic E-state index is 0.367. The topological polar surface area (TPSA) is 53.4 Å². The highest BCUT2D eigenvalue weighted by Crippen LogP contribution is 2.40. The van der Waals surface area contributed by atoms with Gasteiger partial charge in [-0.25, -0.2) is 14.3 Å². The molecule has 5 heteroatoms. The van der Waals surface area contributed by atoms with Crippen molar-refractivity contribution < 1.29 is 14.3 Å². The second-order valence-corrected chi connectivity index (χ2v) is 5.25. The Morgan fingerprint density at radius 2 is 2.12 bits per heavy atom. The molecule has 0 atom stereocenters. The van der Waals surface area contributed by atoms with Crippen LogP contribution in [0.4, 0.5) is 4.79 Å². The van der Waals surface area contributed by atoms with Gasteiger partial charge in [-0.3, -0.25) is 0 Å². The average Bonchev–Trinajstić information content (AvgIpc) is 2.94. The normalized spacial score (nSPS) is 15.8. The Hall–Kier alpha value is -1.52. The standard InChI is InChI=1S/C12H18N2O3/c1-12(2,3)17-11(15)14-9(16-4)7-13-10(14)8-5-6-8/h7-8H,5-6H2,1-4H3. The van der Waals surface area contributed by atoms with E-state index >= 15 is 0 Å². The molecule has 0 radical (unpaired) electrons. The summed E-state index contributed by atoms with van der Waals surface area (Å²) in [6, 6.07) is 0. The molecule has 0 aromatic carbocycles. The fourth-order valence-electron chi connectivity index (χ4n) is 1.61. The van der Waals surface area contributed by atoms with Crippen molar-refractivity contribution >= 4 is 6.09 Å². The van der Waals surface area contributed by atoms with Crippen LogP contribution in [0.1, 0.15) is 45.4 Å². The molecule has 1 heterocycles. The van der Waals surface area contributed by atoms with E-state index in [-0.39, 0.29) is 0 Å². The first kappa shape index (κ1) is 12.0. The molecule has 0 saturated heterocycles. The van der Waals surface area contributed by atoms with E-state index in [4.69, 9.17) is 9.47 Å². The Morgan fingerprint density at radius 3 is 2.59 bits per heavy atom. The summed E-state index contributed by atoms with van der Waals surface area (Å²) in [7, 11) is 1.52. The van der Waals surface area contributed by atoms with Gasteiger partial charge < -0.3 is 9.47 Å². The van der Waals surface area contributed by atoms with E-state index in [1.54, 1.807) is 6.20 Å². The Labute approximate surface area is 101 Å². The van der Waals surface area contributed by atoms with Gasteiger partial charge >= 0.3 is 6.09 Å². The largest absolute Gasteiger partial charge is 0.481 e. The summed E-state index contributed by atoms with van der Waals surface area (Å²) in [4.78, 5) is 16.3. The Balaban J connectivity index is 2.28. The zero-order valence-electron chi connectivity index (χ0n) is 10.7. The van der Waals surface area contributed by atoms with Crippen LogP contribution >= 0.6 is 0 Å². The number of aromatic nitrogens is 2. The van der Waals surface area contributed by atoms with E-state index < -0.39 is 11.7 Å². The van der Waals surface area contributed by atoms with Crippen LogP contribution in [0.2, 0.25) is 0 Å². The predicted octanol–water partition coefficient (Wildman–Crippen LogP) is 2.55. The van der Waals surface area contributed by atoms with Gasteiger partial charge in [0.05, 0.1) is 13.3 Å². The van der Waals surface area contributed by atoms with Crippen LogP contribution in [0.5, 0.6) is 5.88 Å². The summed E-state index contributed by atoms with van der Waals surface area (Å²) in [6.07, 6.45) is 3.29. The quantitative estimate of drug-likeness (QED) is 0.794. The maximum absolute atomic E-state index is 12.1. The number of nitrogens with zero attached hydrogens (tertiary/aromatic N) is 2. The lowest BCUT2D eigenvalue weighted by molar-refractivity contribution is 0.0519. The molecular weight excluding hydrogens is 220 g/mol. The molecule has 0 bridgehead atoms. The van der Waals surface area contributed by atoms with E-state index in [1.807, 2.05) is 20.8 Å². The molecule has 0 unspecified atom stereocenters. The summed E-state index contributed by atoms with van der Waals surface area (Å²) in [5, 5.41) is 0. The molecule has 0 aliphatic heterocycles. The van der Waals surface area contributed by atoms with Gasteiger partial charge in [-0.2, -0.15) is 0 Å². The number of methoxy groups -OCH3 is 1. The van der Waals surface area contributed by atoms with Gasteiger partial charge in [0.1, 0.15) is 11.4 Å². The molecule has 1 aromatic rings. The van der Waals surface area contributed by atoms with Crippen LogP contribution in [-0.2, 0) is 4.74 Å². The van der Waals surface area contributed by atoms with Crippen molar-refractivity contribution in [2.45, 2.75) is 45.1 Å². The number of carbonyl (C=O) groups excluding carboxylic acids is 1. The second kappa shape index (κ2) is 4.05. The molecule has 5 nitrogen and oxygen atoms in total. The Morgan fingerprint density at radius 1 is 1.47 bits per heavy atom. The van der Waals surface area contributed by atoms with Gasteiger partial charge in [0.25, 0.3) is 0 Å². The number of rotatable bonds is 2. The molecule has 0 spiro atoms. The van der Waals surface area contributed by atoms with Crippen molar-refractivity contribution in [2.24, 2.45) is 0 Å². The lowest BCUT2D eigenvalue weighted by atomic mass is 10.2. The first-order valence-corrected chi connectivity index (χ1v) is 5.77. The summed E-state index contributed by atoms with van der Waals surface area (Å²) in [5.74, 6) is 1.55. The van der Waals surface area contributed by atoms with Gasteiger partial charge in [0, 0.05) is 5.92 Å². The molecule has 1 aromatic heterocycles. The van der Waals surface area contributed by atoms with E-state index in [1.165, 1.54) is 11.7 Å². The lowest BCUT2D eigenvalue weighted by Crippen LogP contribution is -2.28. The van der Waals surface area contributed by atoms with Gasteiger partial charge in [-0.15, -0.1) is 0 Å². The fraction of sp³-hybridized carbons (Fsp3) is 0.667. The molecule has 1 aliphatic rings. The van der Waals surface area contributed by atoms with Gasteiger partial charge in [-0.05, 0) is 33.6 Å². The summed E-state index contributed by atoms with van der Waals surface area (Å²) >= 11 is 0. The van der Waals surface area contributed by atoms with E-state index in [0.717, 1.165) is 18.7 Å². The summed E-state index contributed by atoms with van der Waals surface area (Å²) in [6.45, 7) is 5.52. The van der Waals surface area contributed by atoms with Crippen molar-refractivity contribution in [3.8, 4) is 5.88 Å². The first-order valence-electron chi connectivity index (χ1n) is 5.77. The second-order valence-electron chi connectivity index (χ2n) is 5.25. The smallest absolute Gasteiger partial charge is 0.422 e. The first-order chi connectivity index (χ1) is 7.92. The third-order valence-electron chi connectivity index (χ3n) is 2.48. The van der Waals surface area contributed by atoms with Crippen molar-refractivity contribution in [2.75, 3.05) is 7.11 Å². The maximum Gasteiger partial charge on any atom is 0.422 e. The predicted molar refractivity (Wildman–Crippen MR) is 62.4 cm³/mol.